The molecule has 7 nitrogen and oxygen atoms in total. The Morgan fingerprint density at radius 2 is 1.77 bits per heavy atom. The van der Waals surface area contributed by atoms with Crippen LogP contribution in [0.1, 0.15) is 24.1 Å². The van der Waals surface area contributed by atoms with Crippen LogP contribution in [0.3, 0.4) is 0 Å². The second-order valence-electron chi connectivity index (χ2n) is 7.81. The standard InChI is InChI=1S/C23H23N5O2/c1-16-20-7-12-28(18-5-10-24-11-6-18)21(20)26-22(25-16)27-13-8-23(30,9-14-27)17-3-2-4-19(29)15-17/h2-7,10-12,15,29-30H,8-9,13-14H2,1H3. The number of aromatic nitrogens is 4. The molecule has 30 heavy (non-hydrogen) atoms. The minimum Gasteiger partial charge on any atom is -0.508 e. The third kappa shape index (κ3) is 3.17. The summed E-state index contributed by atoms with van der Waals surface area (Å²) in [7, 11) is 0. The molecule has 0 atom stereocenters. The van der Waals surface area contributed by atoms with Gasteiger partial charge in [0.05, 0.1) is 17.0 Å². The van der Waals surface area contributed by atoms with E-state index in [1.807, 2.05) is 42.0 Å². The fourth-order valence-electron chi connectivity index (χ4n) is 4.17. The van der Waals surface area contributed by atoms with Crippen LogP contribution in [-0.4, -0.2) is 42.8 Å². The third-order valence-corrected chi connectivity index (χ3v) is 5.92. The van der Waals surface area contributed by atoms with Crippen molar-refractivity contribution in [2.75, 3.05) is 18.0 Å². The molecule has 0 radical (unpaired) electrons. The van der Waals surface area contributed by atoms with Crippen LogP contribution in [0.25, 0.3) is 16.7 Å². The number of nitrogens with zero attached hydrogens (tertiary/aromatic N) is 5. The lowest BCUT2D eigenvalue weighted by molar-refractivity contribution is 0.0113. The van der Waals surface area contributed by atoms with Crippen LogP contribution in [0, 0.1) is 6.92 Å². The molecule has 0 amide bonds. The van der Waals surface area contributed by atoms with E-state index >= 15 is 0 Å². The third-order valence-electron chi connectivity index (χ3n) is 5.92. The number of pyridine rings is 1. The van der Waals surface area contributed by atoms with Crippen molar-refractivity contribution in [3.05, 3.63) is 72.3 Å². The Bertz CT molecular complexity index is 1200. The number of hydrogen-bond acceptors (Lipinski definition) is 6. The molecule has 1 aliphatic heterocycles. The van der Waals surface area contributed by atoms with E-state index in [1.54, 1.807) is 30.6 Å². The van der Waals surface area contributed by atoms with E-state index in [4.69, 9.17) is 9.97 Å². The molecule has 7 heteroatoms. The van der Waals surface area contributed by atoms with Crippen molar-refractivity contribution in [3.63, 3.8) is 0 Å². The van der Waals surface area contributed by atoms with Gasteiger partial charge in [0.15, 0.2) is 0 Å². The lowest BCUT2D eigenvalue weighted by Crippen LogP contribution is -2.43. The minimum atomic E-state index is -0.953. The van der Waals surface area contributed by atoms with Gasteiger partial charge in [0, 0.05) is 37.1 Å². The van der Waals surface area contributed by atoms with Gasteiger partial charge < -0.3 is 19.7 Å². The number of rotatable bonds is 3. The molecule has 5 rings (SSSR count). The summed E-state index contributed by atoms with van der Waals surface area (Å²) in [6, 6.07) is 12.8. The number of phenolic OH excluding ortho intramolecular Hbond substituents is 1. The van der Waals surface area contributed by atoms with Crippen LogP contribution < -0.4 is 4.90 Å². The minimum absolute atomic E-state index is 0.171. The van der Waals surface area contributed by atoms with Crippen molar-refractivity contribution in [1.29, 1.82) is 0 Å². The lowest BCUT2D eigenvalue weighted by Gasteiger charge is -2.38. The van der Waals surface area contributed by atoms with E-state index in [-0.39, 0.29) is 5.75 Å². The van der Waals surface area contributed by atoms with E-state index in [0.29, 0.717) is 31.9 Å². The molecule has 0 unspecified atom stereocenters. The van der Waals surface area contributed by atoms with Gasteiger partial charge in [-0.15, -0.1) is 0 Å². The Kier molecular flexibility index (Phi) is 4.40. The van der Waals surface area contributed by atoms with Gasteiger partial charge in [0.25, 0.3) is 0 Å². The zero-order valence-corrected chi connectivity index (χ0v) is 16.7. The molecule has 0 spiro atoms. The quantitative estimate of drug-likeness (QED) is 0.548. The maximum Gasteiger partial charge on any atom is 0.227 e. The van der Waals surface area contributed by atoms with Gasteiger partial charge in [-0.1, -0.05) is 12.1 Å². The Morgan fingerprint density at radius 1 is 1.00 bits per heavy atom. The van der Waals surface area contributed by atoms with Crippen molar-refractivity contribution in [2.24, 2.45) is 0 Å². The smallest absolute Gasteiger partial charge is 0.227 e. The summed E-state index contributed by atoms with van der Waals surface area (Å²) in [5.41, 5.74) is 2.59. The number of hydrogen-bond donors (Lipinski definition) is 2. The molecular weight excluding hydrogens is 378 g/mol. The first-order valence-corrected chi connectivity index (χ1v) is 10.1. The zero-order valence-electron chi connectivity index (χ0n) is 16.7. The van der Waals surface area contributed by atoms with Crippen molar-refractivity contribution in [2.45, 2.75) is 25.4 Å². The molecule has 0 aliphatic carbocycles. The zero-order chi connectivity index (χ0) is 20.7. The fraction of sp³-hybridized carbons (Fsp3) is 0.261. The number of phenols is 1. The highest BCUT2D eigenvalue weighted by molar-refractivity contribution is 5.81. The Balaban J connectivity index is 1.45. The van der Waals surface area contributed by atoms with Crippen molar-refractivity contribution < 1.29 is 10.2 Å². The van der Waals surface area contributed by atoms with Crippen LogP contribution in [0.2, 0.25) is 0 Å². The van der Waals surface area contributed by atoms with E-state index in [0.717, 1.165) is 28.0 Å². The topological polar surface area (TPSA) is 87.3 Å². The van der Waals surface area contributed by atoms with E-state index < -0.39 is 5.60 Å². The summed E-state index contributed by atoms with van der Waals surface area (Å²) in [6.07, 6.45) is 6.62. The Labute approximate surface area is 174 Å². The summed E-state index contributed by atoms with van der Waals surface area (Å²) in [6.45, 7) is 3.26. The number of aliphatic hydroxyl groups is 1. The number of anilines is 1. The average Bonchev–Trinajstić information content (AvgIpc) is 3.20. The molecular formula is C23H23N5O2. The largest absolute Gasteiger partial charge is 0.508 e. The fourth-order valence-corrected chi connectivity index (χ4v) is 4.17. The van der Waals surface area contributed by atoms with E-state index in [9.17, 15) is 10.2 Å². The normalized spacial score (nSPS) is 16.1. The predicted molar refractivity (Wildman–Crippen MR) is 115 cm³/mol. The first kappa shape index (κ1) is 18.6. The Morgan fingerprint density at radius 3 is 2.50 bits per heavy atom. The van der Waals surface area contributed by atoms with Crippen LogP contribution in [0.5, 0.6) is 5.75 Å². The van der Waals surface area contributed by atoms with Gasteiger partial charge in [-0.2, -0.15) is 4.98 Å². The molecule has 1 aromatic carbocycles. The second-order valence-corrected chi connectivity index (χ2v) is 7.81. The summed E-state index contributed by atoms with van der Waals surface area (Å²) in [4.78, 5) is 15.8. The average molecular weight is 401 g/mol. The highest BCUT2D eigenvalue weighted by Gasteiger charge is 2.35. The van der Waals surface area contributed by atoms with Crippen LogP contribution in [0.4, 0.5) is 5.95 Å². The summed E-state index contributed by atoms with van der Waals surface area (Å²) in [5, 5.41) is 21.9. The molecule has 1 aliphatic rings. The number of aromatic hydroxyl groups is 1. The van der Waals surface area contributed by atoms with Gasteiger partial charge in [0.1, 0.15) is 11.4 Å². The van der Waals surface area contributed by atoms with Crippen LogP contribution in [0.15, 0.2) is 61.1 Å². The van der Waals surface area contributed by atoms with Gasteiger partial charge in [-0.25, -0.2) is 4.98 Å². The summed E-state index contributed by atoms with van der Waals surface area (Å²) < 4.78 is 2.04. The second kappa shape index (κ2) is 7.11. The molecule has 1 saturated heterocycles. The molecule has 3 aromatic heterocycles. The maximum atomic E-state index is 11.1. The first-order chi connectivity index (χ1) is 14.5. The summed E-state index contributed by atoms with van der Waals surface area (Å²) >= 11 is 0. The number of aryl methyl sites for hydroxylation is 1. The monoisotopic (exact) mass is 401 g/mol. The Hall–Kier alpha value is -3.45. The van der Waals surface area contributed by atoms with Crippen molar-refractivity contribution in [3.8, 4) is 11.4 Å². The number of fused-ring (bicyclic) bond motifs is 1. The number of piperidine rings is 1. The molecule has 152 valence electrons. The van der Waals surface area contributed by atoms with Gasteiger partial charge in [-0.05, 0) is 55.7 Å². The van der Waals surface area contributed by atoms with Crippen molar-refractivity contribution >= 4 is 17.0 Å². The van der Waals surface area contributed by atoms with Crippen LogP contribution in [-0.2, 0) is 5.60 Å². The van der Waals surface area contributed by atoms with Gasteiger partial charge in [0.2, 0.25) is 5.95 Å². The molecule has 1 fully saturated rings. The van der Waals surface area contributed by atoms with E-state index in [1.165, 1.54) is 0 Å². The summed E-state index contributed by atoms with van der Waals surface area (Å²) in [5.74, 6) is 0.844. The first-order valence-electron chi connectivity index (χ1n) is 10.1. The van der Waals surface area contributed by atoms with Crippen molar-refractivity contribution in [1.82, 2.24) is 19.5 Å². The van der Waals surface area contributed by atoms with E-state index in [2.05, 4.69) is 9.88 Å². The molecule has 4 heterocycles. The molecule has 4 aromatic rings. The molecule has 0 saturated carbocycles. The highest BCUT2D eigenvalue weighted by atomic mass is 16.3. The highest BCUT2D eigenvalue weighted by Crippen LogP contribution is 2.35. The predicted octanol–water partition coefficient (Wildman–Crippen LogP) is 3.32. The van der Waals surface area contributed by atoms with Crippen LogP contribution >= 0.6 is 0 Å². The maximum absolute atomic E-state index is 11.1. The molecule has 2 N–H and O–H groups in total. The number of benzene rings is 1. The lowest BCUT2D eigenvalue weighted by atomic mass is 9.84. The molecule has 0 bridgehead atoms. The van der Waals surface area contributed by atoms with Gasteiger partial charge in [-0.3, -0.25) is 4.98 Å². The SMILES string of the molecule is Cc1nc(N2CCC(O)(c3cccc(O)c3)CC2)nc2c1ccn2-c1ccncc1. The van der Waals surface area contributed by atoms with Gasteiger partial charge >= 0.3 is 0 Å².